The standard InChI is InChI=1S/C19H29ClFN3O/c1-2-22-5-7-23(8-6-22)11-16-12-24(13-17(16)14-25)10-15-3-4-18(21)9-19(15)20/h3-4,9,16-17,25H,2,5-8,10-14H2,1H3/t16-,17-/m1/s1. The monoisotopic (exact) mass is 369 g/mol. The second kappa shape index (κ2) is 8.78. The Morgan fingerprint density at radius 1 is 1.08 bits per heavy atom. The van der Waals surface area contributed by atoms with Gasteiger partial charge < -0.3 is 14.9 Å². The van der Waals surface area contributed by atoms with Crippen molar-refractivity contribution >= 4 is 11.6 Å². The van der Waals surface area contributed by atoms with Gasteiger partial charge in [0.2, 0.25) is 0 Å². The van der Waals surface area contributed by atoms with Crippen molar-refractivity contribution in [2.75, 3.05) is 59.0 Å². The predicted octanol–water partition coefficient (Wildman–Crippen LogP) is 2.16. The number of rotatable bonds is 6. The van der Waals surface area contributed by atoms with Crippen LogP contribution < -0.4 is 0 Å². The van der Waals surface area contributed by atoms with E-state index in [1.54, 1.807) is 6.07 Å². The summed E-state index contributed by atoms with van der Waals surface area (Å²) in [6.45, 7) is 11.7. The molecular weight excluding hydrogens is 341 g/mol. The summed E-state index contributed by atoms with van der Waals surface area (Å²) in [5.41, 5.74) is 0.956. The van der Waals surface area contributed by atoms with Crippen molar-refractivity contribution in [2.24, 2.45) is 11.8 Å². The molecule has 2 heterocycles. The Labute approximate surface area is 155 Å². The lowest BCUT2D eigenvalue weighted by molar-refractivity contribution is 0.106. The lowest BCUT2D eigenvalue weighted by atomic mass is 9.96. The summed E-state index contributed by atoms with van der Waals surface area (Å²) in [4.78, 5) is 7.36. The van der Waals surface area contributed by atoms with Crippen LogP contribution in [0, 0.1) is 17.7 Å². The topological polar surface area (TPSA) is 30.0 Å². The van der Waals surface area contributed by atoms with Gasteiger partial charge in [0.15, 0.2) is 0 Å². The Kier molecular flexibility index (Phi) is 6.69. The fourth-order valence-electron chi connectivity index (χ4n) is 4.09. The maximum Gasteiger partial charge on any atom is 0.124 e. The van der Waals surface area contributed by atoms with Gasteiger partial charge in [-0.2, -0.15) is 0 Å². The van der Waals surface area contributed by atoms with Gasteiger partial charge in [-0.25, -0.2) is 4.39 Å². The van der Waals surface area contributed by atoms with Crippen molar-refractivity contribution in [3.8, 4) is 0 Å². The molecule has 25 heavy (non-hydrogen) atoms. The number of hydrogen-bond donors (Lipinski definition) is 1. The minimum Gasteiger partial charge on any atom is -0.396 e. The summed E-state index contributed by atoms with van der Waals surface area (Å²) in [6, 6.07) is 4.61. The number of nitrogens with zero attached hydrogens (tertiary/aromatic N) is 3. The molecular formula is C19H29ClFN3O. The SMILES string of the molecule is CCN1CCN(C[C@@H]2CN(Cc3ccc(F)cc3Cl)C[C@@H]2CO)CC1. The van der Waals surface area contributed by atoms with Gasteiger partial charge in [-0.3, -0.25) is 4.90 Å². The maximum atomic E-state index is 13.2. The third-order valence-electron chi connectivity index (χ3n) is 5.70. The van der Waals surface area contributed by atoms with E-state index in [0.29, 0.717) is 16.9 Å². The molecule has 2 aliphatic heterocycles. The molecule has 2 fully saturated rings. The van der Waals surface area contributed by atoms with Gasteiger partial charge >= 0.3 is 0 Å². The molecule has 2 aliphatic rings. The Bertz CT molecular complexity index is 566. The third-order valence-corrected chi connectivity index (χ3v) is 6.05. The van der Waals surface area contributed by atoms with E-state index in [9.17, 15) is 9.50 Å². The van der Waals surface area contributed by atoms with E-state index in [4.69, 9.17) is 11.6 Å². The molecule has 0 bridgehead atoms. The fraction of sp³-hybridized carbons (Fsp3) is 0.684. The van der Waals surface area contributed by atoms with Crippen molar-refractivity contribution in [1.82, 2.24) is 14.7 Å². The molecule has 6 heteroatoms. The van der Waals surface area contributed by atoms with Gasteiger partial charge in [-0.05, 0) is 36.1 Å². The number of aliphatic hydroxyl groups excluding tert-OH is 1. The van der Waals surface area contributed by atoms with Gasteiger partial charge in [-0.15, -0.1) is 0 Å². The van der Waals surface area contributed by atoms with Crippen molar-refractivity contribution in [1.29, 1.82) is 0 Å². The Hall–Kier alpha value is -0.720. The average molecular weight is 370 g/mol. The molecule has 1 N–H and O–H groups in total. The molecule has 2 saturated heterocycles. The molecule has 1 aromatic carbocycles. The fourth-order valence-corrected chi connectivity index (χ4v) is 4.32. The van der Waals surface area contributed by atoms with Gasteiger partial charge in [0.25, 0.3) is 0 Å². The van der Waals surface area contributed by atoms with E-state index < -0.39 is 0 Å². The highest BCUT2D eigenvalue weighted by Gasteiger charge is 2.34. The summed E-state index contributed by atoms with van der Waals surface area (Å²) >= 11 is 6.17. The quantitative estimate of drug-likeness (QED) is 0.832. The number of likely N-dealkylation sites (tertiary alicyclic amines) is 1. The van der Waals surface area contributed by atoms with Crippen molar-refractivity contribution in [2.45, 2.75) is 13.5 Å². The molecule has 0 spiro atoms. The molecule has 0 saturated carbocycles. The second-order valence-electron chi connectivity index (χ2n) is 7.37. The summed E-state index contributed by atoms with van der Waals surface area (Å²) in [7, 11) is 0. The van der Waals surface area contributed by atoms with E-state index in [1.807, 2.05) is 0 Å². The second-order valence-corrected chi connectivity index (χ2v) is 7.77. The van der Waals surface area contributed by atoms with E-state index in [0.717, 1.165) is 64.5 Å². The smallest absolute Gasteiger partial charge is 0.124 e. The first-order chi connectivity index (χ1) is 12.1. The average Bonchev–Trinajstić information content (AvgIpc) is 2.99. The van der Waals surface area contributed by atoms with Crippen molar-refractivity contribution in [3.63, 3.8) is 0 Å². The molecule has 3 rings (SSSR count). The first-order valence-corrected chi connectivity index (χ1v) is 9.68. The molecule has 0 radical (unpaired) electrons. The zero-order valence-corrected chi connectivity index (χ0v) is 15.8. The molecule has 1 aromatic rings. The zero-order chi connectivity index (χ0) is 17.8. The van der Waals surface area contributed by atoms with Gasteiger partial charge in [0.1, 0.15) is 5.82 Å². The molecule has 0 amide bonds. The largest absolute Gasteiger partial charge is 0.396 e. The molecule has 2 atom stereocenters. The Morgan fingerprint density at radius 2 is 1.76 bits per heavy atom. The number of halogens is 2. The molecule has 0 unspecified atom stereocenters. The number of benzene rings is 1. The highest BCUT2D eigenvalue weighted by molar-refractivity contribution is 6.31. The highest BCUT2D eigenvalue weighted by atomic mass is 35.5. The lowest BCUT2D eigenvalue weighted by Crippen LogP contribution is -2.48. The maximum absolute atomic E-state index is 13.2. The number of hydrogen-bond acceptors (Lipinski definition) is 4. The normalized spacial score (nSPS) is 26.4. The third kappa shape index (κ3) is 4.92. The first kappa shape index (κ1) is 19.1. The van der Waals surface area contributed by atoms with Crippen LogP contribution in [0.15, 0.2) is 18.2 Å². The van der Waals surface area contributed by atoms with E-state index >= 15 is 0 Å². The van der Waals surface area contributed by atoms with Crippen LogP contribution in [0.3, 0.4) is 0 Å². The van der Waals surface area contributed by atoms with Crippen LogP contribution in [0.2, 0.25) is 5.02 Å². The summed E-state index contributed by atoms with van der Waals surface area (Å²) < 4.78 is 13.2. The van der Waals surface area contributed by atoms with Crippen LogP contribution in [0.4, 0.5) is 4.39 Å². The molecule has 4 nitrogen and oxygen atoms in total. The summed E-state index contributed by atoms with van der Waals surface area (Å²) in [5, 5.41) is 10.3. The van der Waals surface area contributed by atoms with Crippen LogP contribution in [-0.4, -0.2) is 78.8 Å². The van der Waals surface area contributed by atoms with Crippen molar-refractivity contribution in [3.05, 3.63) is 34.6 Å². The zero-order valence-electron chi connectivity index (χ0n) is 15.0. The van der Waals surface area contributed by atoms with Crippen molar-refractivity contribution < 1.29 is 9.50 Å². The molecule has 0 aromatic heterocycles. The van der Waals surface area contributed by atoms with Crippen LogP contribution >= 0.6 is 11.6 Å². The summed E-state index contributed by atoms with van der Waals surface area (Å²) in [6.07, 6.45) is 0. The minimum atomic E-state index is -0.299. The van der Waals surface area contributed by atoms with Gasteiger partial charge in [0, 0.05) is 64.0 Å². The van der Waals surface area contributed by atoms with Gasteiger partial charge in [0.05, 0.1) is 0 Å². The van der Waals surface area contributed by atoms with Crippen LogP contribution in [0.25, 0.3) is 0 Å². The van der Waals surface area contributed by atoms with Crippen LogP contribution in [-0.2, 0) is 6.54 Å². The molecule has 0 aliphatic carbocycles. The number of likely N-dealkylation sites (N-methyl/N-ethyl adjacent to an activating group) is 1. The minimum absolute atomic E-state index is 0.229. The highest BCUT2D eigenvalue weighted by Crippen LogP contribution is 2.28. The van der Waals surface area contributed by atoms with E-state index in [2.05, 4.69) is 21.6 Å². The predicted molar refractivity (Wildman–Crippen MR) is 99.3 cm³/mol. The Morgan fingerprint density at radius 3 is 2.40 bits per heavy atom. The number of aliphatic hydroxyl groups is 1. The Balaban J connectivity index is 1.55. The summed E-state index contributed by atoms with van der Waals surface area (Å²) in [5.74, 6) is 0.494. The molecule has 140 valence electrons. The van der Waals surface area contributed by atoms with Gasteiger partial charge in [-0.1, -0.05) is 24.6 Å². The van der Waals surface area contributed by atoms with E-state index in [1.165, 1.54) is 12.1 Å². The number of piperazine rings is 1. The van der Waals surface area contributed by atoms with Crippen LogP contribution in [0.1, 0.15) is 12.5 Å². The first-order valence-electron chi connectivity index (χ1n) is 9.31. The lowest BCUT2D eigenvalue weighted by Gasteiger charge is -2.36. The van der Waals surface area contributed by atoms with Crippen LogP contribution in [0.5, 0.6) is 0 Å². The van der Waals surface area contributed by atoms with E-state index in [-0.39, 0.29) is 12.4 Å².